The highest BCUT2D eigenvalue weighted by atomic mass is 32.1. The minimum absolute atomic E-state index is 0.313. The zero-order valence-corrected chi connectivity index (χ0v) is 13.9. The lowest BCUT2D eigenvalue weighted by Crippen LogP contribution is -2.40. The van der Waals surface area contributed by atoms with E-state index >= 15 is 0 Å². The second-order valence-electron chi connectivity index (χ2n) is 6.07. The van der Waals surface area contributed by atoms with E-state index in [1.807, 2.05) is 11.3 Å². The molecule has 2 nitrogen and oxygen atoms in total. The van der Waals surface area contributed by atoms with E-state index in [0.29, 0.717) is 18.6 Å². The van der Waals surface area contributed by atoms with Gasteiger partial charge in [0, 0.05) is 30.1 Å². The number of aryl methyl sites for hydroxylation is 2. The quantitative estimate of drug-likeness (QED) is 0.929. The molecular weight excluding hydrogens is 276 g/mol. The maximum Gasteiger partial charge on any atom is 0.0479 e. The lowest BCUT2D eigenvalue weighted by Gasteiger charge is -2.40. The van der Waals surface area contributed by atoms with Gasteiger partial charge in [-0.25, -0.2) is 0 Å². The molecule has 1 aromatic heterocycles. The maximum atomic E-state index is 6.17. The van der Waals surface area contributed by atoms with Gasteiger partial charge in [-0.2, -0.15) is 0 Å². The molecule has 2 atom stereocenters. The summed E-state index contributed by atoms with van der Waals surface area (Å²) in [7, 11) is 0. The number of hydrogen-bond acceptors (Lipinski definition) is 3. The van der Waals surface area contributed by atoms with Crippen molar-refractivity contribution in [2.24, 2.45) is 5.73 Å². The molecule has 0 saturated carbocycles. The summed E-state index contributed by atoms with van der Waals surface area (Å²) in [5, 5.41) is 2.22. The van der Waals surface area contributed by atoms with Crippen LogP contribution in [0.3, 0.4) is 0 Å². The van der Waals surface area contributed by atoms with Gasteiger partial charge in [-0.1, -0.05) is 23.8 Å². The molecule has 2 N–H and O–H groups in total. The summed E-state index contributed by atoms with van der Waals surface area (Å²) in [6, 6.07) is 9.76. The molecule has 0 spiro atoms. The Morgan fingerprint density at radius 2 is 2.14 bits per heavy atom. The van der Waals surface area contributed by atoms with Crippen LogP contribution in [0.2, 0.25) is 0 Å². The van der Waals surface area contributed by atoms with Crippen LogP contribution in [-0.4, -0.2) is 18.0 Å². The summed E-state index contributed by atoms with van der Waals surface area (Å²) < 4.78 is 0. The molecule has 1 aliphatic heterocycles. The first-order valence-corrected chi connectivity index (χ1v) is 8.59. The normalized spacial score (nSPS) is 20.3. The van der Waals surface area contributed by atoms with Gasteiger partial charge in [-0.05, 0) is 55.3 Å². The molecule has 21 heavy (non-hydrogen) atoms. The van der Waals surface area contributed by atoms with Gasteiger partial charge in [0.15, 0.2) is 0 Å². The third-order valence-electron chi connectivity index (χ3n) is 4.74. The molecule has 2 heterocycles. The van der Waals surface area contributed by atoms with E-state index in [0.717, 1.165) is 13.0 Å². The van der Waals surface area contributed by atoms with Gasteiger partial charge in [-0.15, -0.1) is 11.3 Å². The molecule has 0 saturated heterocycles. The molecule has 1 aromatic carbocycles. The average Bonchev–Trinajstić information content (AvgIpc) is 2.95. The van der Waals surface area contributed by atoms with Gasteiger partial charge in [0.1, 0.15) is 0 Å². The van der Waals surface area contributed by atoms with Gasteiger partial charge in [0.05, 0.1) is 0 Å². The fraction of sp³-hybridized carbons (Fsp3) is 0.444. The molecule has 0 bridgehead atoms. The van der Waals surface area contributed by atoms with E-state index in [4.69, 9.17) is 5.73 Å². The van der Waals surface area contributed by atoms with Crippen molar-refractivity contribution in [1.82, 2.24) is 4.90 Å². The molecule has 2 unspecified atom stereocenters. The van der Waals surface area contributed by atoms with E-state index in [1.54, 1.807) is 4.88 Å². The minimum atomic E-state index is 0.313. The number of thiophene rings is 1. The van der Waals surface area contributed by atoms with Crippen LogP contribution in [0.25, 0.3) is 0 Å². The first-order chi connectivity index (χ1) is 10.1. The zero-order chi connectivity index (χ0) is 15.0. The molecule has 0 fully saturated rings. The largest absolute Gasteiger partial charge is 0.329 e. The van der Waals surface area contributed by atoms with Crippen LogP contribution in [0.1, 0.15) is 46.1 Å². The highest BCUT2D eigenvalue weighted by molar-refractivity contribution is 7.10. The highest BCUT2D eigenvalue weighted by Gasteiger charge is 2.30. The van der Waals surface area contributed by atoms with Crippen LogP contribution in [0.5, 0.6) is 0 Å². The molecule has 0 aliphatic carbocycles. The van der Waals surface area contributed by atoms with Crippen molar-refractivity contribution in [1.29, 1.82) is 0 Å². The first kappa shape index (κ1) is 14.8. The van der Waals surface area contributed by atoms with Crippen LogP contribution in [0.4, 0.5) is 0 Å². The Morgan fingerprint density at radius 3 is 2.90 bits per heavy atom. The summed E-state index contributed by atoms with van der Waals surface area (Å²) in [6.45, 7) is 8.45. The number of rotatable bonds is 3. The monoisotopic (exact) mass is 300 g/mol. The molecule has 112 valence electrons. The van der Waals surface area contributed by atoms with Gasteiger partial charge < -0.3 is 5.73 Å². The van der Waals surface area contributed by atoms with Crippen LogP contribution < -0.4 is 5.73 Å². The van der Waals surface area contributed by atoms with Crippen molar-refractivity contribution in [3.63, 3.8) is 0 Å². The standard InChI is InChI=1S/C18H24N2S/c1-12-4-5-13(2)16(10-12)17(11-19)20-8-6-18-15(14(20)3)7-9-21-18/h4-5,7,9-10,14,17H,6,8,11,19H2,1-3H3. The fourth-order valence-electron chi connectivity index (χ4n) is 3.51. The lowest BCUT2D eigenvalue weighted by atomic mass is 9.93. The van der Waals surface area contributed by atoms with Crippen LogP contribution >= 0.6 is 11.3 Å². The van der Waals surface area contributed by atoms with Crippen LogP contribution in [-0.2, 0) is 6.42 Å². The molecule has 3 heteroatoms. The van der Waals surface area contributed by atoms with Gasteiger partial charge >= 0.3 is 0 Å². The van der Waals surface area contributed by atoms with E-state index in [-0.39, 0.29) is 0 Å². The number of benzene rings is 1. The van der Waals surface area contributed by atoms with Crippen molar-refractivity contribution in [3.8, 4) is 0 Å². The molecule has 3 rings (SSSR count). The third kappa shape index (κ3) is 2.66. The van der Waals surface area contributed by atoms with Crippen molar-refractivity contribution in [2.75, 3.05) is 13.1 Å². The Morgan fingerprint density at radius 1 is 1.33 bits per heavy atom. The predicted octanol–water partition coefficient (Wildman–Crippen LogP) is 3.98. The summed E-state index contributed by atoms with van der Waals surface area (Å²) >= 11 is 1.89. The van der Waals surface area contributed by atoms with Crippen molar-refractivity contribution in [3.05, 3.63) is 56.8 Å². The lowest BCUT2D eigenvalue weighted by molar-refractivity contribution is 0.138. The Kier molecular flexibility index (Phi) is 4.16. The molecule has 1 aliphatic rings. The zero-order valence-electron chi connectivity index (χ0n) is 13.1. The van der Waals surface area contributed by atoms with Crippen molar-refractivity contribution < 1.29 is 0 Å². The van der Waals surface area contributed by atoms with Gasteiger partial charge in [-0.3, -0.25) is 4.90 Å². The summed E-state index contributed by atoms with van der Waals surface area (Å²) in [5.41, 5.74) is 11.7. The average molecular weight is 300 g/mol. The Bertz CT molecular complexity index is 632. The SMILES string of the molecule is Cc1ccc(C)c(C(CN)N2CCc3sccc3C2C)c1. The summed E-state index contributed by atoms with van der Waals surface area (Å²) in [4.78, 5) is 4.13. The second-order valence-corrected chi connectivity index (χ2v) is 7.08. The Hall–Kier alpha value is -1.16. The Balaban J connectivity index is 1.96. The van der Waals surface area contributed by atoms with E-state index in [1.165, 1.54) is 22.3 Å². The minimum Gasteiger partial charge on any atom is -0.329 e. The van der Waals surface area contributed by atoms with E-state index in [2.05, 4.69) is 55.3 Å². The summed E-state index contributed by atoms with van der Waals surface area (Å²) in [5.74, 6) is 0. The number of hydrogen-bond donors (Lipinski definition) is 1. The Labute approximate surface area is 131 Å². The van der Waals surface area contributed by atoms with Crippen LogP contribution in [0, 0.1) is 13.8 Å². The second kappa shape index (κ2) is 5.91. The smallest absolute Gasteiger partial charge is 0.0479 e. The highest BCUT2D eigenvalue weighted by Crippen LogP contribution is 2.38. The number of nitrogens with two attached hydrogens (primary N) is 1. The van der Waals surface area contributed by atoms with Gasteiger partial charge in [0.2, 0.25) is 0 Å². The molecule has 0 radical (unpaired) electrons. The first-order valence-electron chi connectivity index (χ1n) is 7.71. The molecule has 0 amide bonds. The number of fused-ring (bicyclic) bond motifs is 1. The molecule has 2 aromatic rings. The fourth-order valence-corrected chi connectivity index (χ4v) is 4.48. The summed E-state index contributed by atoms with van der Waals surface area (Å²) in [6.07, 6.45) is 1.15. The van der Waals surface area contributed by atoms with E-state index < -0.39 is 0 Å². The van der Waals surface area contributed by atoms with Gasteiger partial charge in [0.25, 0.3) is 0 Å². The van der Waals surface area contributed by atoms with Crippen LogP contribution in [0.15, 0.2) is 29.6 Å². The predicted molar refractivity (Wildman–Crippen MR) is 90.9 cm³/mol. The molecular formula is C18H24N2S. The topological polar surface area (TPSA) is 29.3 Å². The van der Waals surface area contributed by atoms with E-state index in [9.17, 15) is 0 Å². The number of nitrogens with zero attached hydrogens (tertiary/aromatic N) is 1. The van der Waals surface area contributed by atoms with Crippen molar-refractivity contribution in [2.45, 2.75) is 39.3 Å². The third-order valence-corrected chi connectivity index (χ3v) is 5.74. The van der Waals surface area contributed by atoms with Crippen molar-refractivity contribution >= 4 is 11.3 Å². The maximum absolute atomic E-state index is 6.17.